The van der Waals surface area contributed by atoms with Gasteiger partial charge < -0.3 is 42.5 Å². The van der Waals surface area contributed by atoms with Crippen molar-refractivity contribution in [2.45, 2.75) is 74.2 Å². The van der Waals surface area contributed by atoms with Gasteiger partial charge in [-0.05, 0) is 75.1 Å². The summed E-state index contributed by atoms with van der Waals surface area (Å²) in [6, 6.07) is 7.50. The molecule has 5 aromatic rings. The molecule has 1 saturated carbocycles. The van der Waals surface area contributed by atoms with Crippen LogP contribution < -0.4 is 34.3 Å². The maximum Gasteiger partial charge on any atom is 0.534 e. The molecule has 2 N–H and O–H groups in total. The number of ketones is 1. The molecule has 0 unspecified atom stereocenters. The van der Waals surface area contributed by atoms with Crippen molar-refractivity contribution in [2.75, 3.05) is 25.1 Å². The van der Waals surface area contributed by atoms with Crippen molar-refractivity contribution in [3.63, 3.8) is 0 Å². The molecule has 31 heteroatoms. The summed E-state index contributed by atoms with van der Waals surface area (Å²) in [4.78, 5) is 79.1. The Kier molecular flexibility index (Phi) is 14.7. The van der Waals surface area contributed by atoms with Gasteiger partial charge in [-0.2, -0.15) is 52.0 Å². The molecule has 19 nitrogen and oxygen atoms in total. The van der Waals surface area contributed by atoms with Crippen molar-refractivity contribution in [3.8, 4) is 23.0 Å². The minimum absolute atomic E-state index is 0.00289. The standard InChI is InChI=1S/C47H35F10N3O16S2/c1-20(61)11-13-60(14-12-34(62)71-2)25-9-3-21-15-27(43(65)72-33(21)17-25)42(64)59-24-7-5-23(6-8-24)58-41(63)22-4-10-28-26(16-22)44(66)74-45(28)29-18-31(48)39(75-77(67,68)46(52,53)54)35(50)37(29)73-38-30(45)19-32(49)40(36(38)51)76-78(69,70)47(55,56)57/h3-4,9-10,15-19,23-24H,5-8,11-14H2,1-2H3,(H,58,63)(H,59,64)/t23-,24-. The minimum atomic E-state index is -6.90. The Balaban J connectivity index is 1.02. The second-order valence-electron chi connectivity index (χ2n) is 17.6. The van der Waals surface area contributed by atoms with E-state index in [1.54, 1.807) is 17.0 Å². The Morgan fingerprint density at radius 2 is 1.23 bits per heavy atom. The number of carbonyl (C=O) groups excluding carboxylic acids is 5. The highest BCUT2D eigenvalue weighted by Gasteiger charge is 2.58. The largest absolute Gasteiger partial charge is 0.534 e. The lowest BCUT2D eigenvalue weighted by molar-refractivity contribution is -0.140. The minimum Gasteiger partial charge on any atom is -0.469 e. The van der Waals surface area contributed by atoms with E-state index in [1.165, 1.54) is 26.2 Å². The molecular formula is C47H35F10N3O16S2. The van der Waals surface area contributed by atoms with Crippen molar-refractivity contribution in [1.29, 1.82) is 0 Å². The number of hydrogen-bond acceptors (Lipinski definition) is 17. The van der Waals surface area contributed by atoms with E-state index in [-0.39, 0.29) is 86.2 Å². The number of rotatable bonds is 15. The Labute approximate surface area is 431 Å². The van der Waals surface area contributed by atoms with E-state index in [1.807, 2.05) is 0 Å². The molecule has 2 amide bonds. The van der Waals surface area contributed by atoms with Gasteiger partial charge in [0.2, 0.25) is 23.1 Å². The van der Waals surface area contributed by atoms with Crippen LogP contribution in [-0.2, 0) is 44.9 Å². The van der Waals surface area contributed by atoms with Gasteiger partial charge in [0, 0.05) is 59.9 Å². The van der Waals surface area contributed by atoms with Crippen LogP contribution in [0.3, 0.4) is 0 Å². The van der Waals surface area contributed by atoms with Gasteiger partial charge in [-0.15, -0.1) is 0 Å². The molecule has 0 atom stereocenters. The number of alkyl halides is 6. The highest BCUT2D eigenvalue weighted by molar-refractivity contribution is 7.88. The Hall–Kier alpha value is -7.96. The summed E-state index contributed by atoms with van der Waals surface area (Å²) >= 11 is 0. The zero-order valence-electron chi connectivity index (χ0n) is 39.6. The third kappa shape index (κ3) is 10.5. The maximum absolute atomic E-state index is 16.2. The normalized spacial score (nSPS) is 16.7. The van der Waals surface area contributed by atoms with Gasteiger partial charge in [0.05, 0.1) is 30.2 Å². The van der Waals surface area contributed by atoms with Gasteiger partial charge in [0.25, 0.3) is 11.8 Å². The second kappa shape index (κ2) is 20.4. The molecule has 78 heavy (non-hydrogen) atoms. The van der Waals surface area contributed by atoms with E-state index in [9.17, 15) is 71.9 Å². The van der Waals surface area contributed by atoms with Crippen LogP contribution in [0.2, 0.25) is 0 Å². The summed E-state index contributed by atoms with van der Waals surface area (Å²) in [5.74, 6) is -21.8. The number of nitrogens with zero attached hydrogens (tertiary/aromatic N) is 1. The highest BCUT2D eigenvalue weighted by atomic mass is 32.2. The van der Waals surface area contributed by atoms with Gasteiger partial charge >= 0.3 is 48.8 Å². The Morgan fingerprint density at radius 1 is 0.705 bits per heavy atom. The lowest BCUT2D eigenvalue weighted by atomic mass is 9.77. The van der Waals surface area contributed by atoms with Crippen molar-refractivity contribution in [3.05, 3.63) is 122 Å². The lowest BCUT2D eigenvalue weighted by Gasteiger charge is -2.37. The molecule has 0 saturated heterocycles. The lowest BCUT2D eigenvalue weighted by Crippen LogP contribution is -2.44. The number of Topliss-reactive ketones (excluding diaryl/α,β-unsaturated/α-hetero) is 1. The summed E-state index contributed by atoms with van der Waals surface area (Å²) in [5.41, 5.74) is -20.6. The third-order valence-electron chi connectivity index (χ3n) is 12.6. The van der Waals surface area contributed by atoms with Gasteiger partial charge in [-0.25, -0.2) is 18.4 Å². The SMILES string of the molecule is COC(=O)CCN(CCC(C)=O)c1ccc2cc(C(=O)N[C@H]3CC[C@H](NC(=O)c4ccc5c(c4)C(=O)OC54c5cc(F)c(OS(=O)(=O)C(F)(F)F)c(F)c5Oc5c4cc(F)c(OS(=O)(=O)C(F)(F)F)c5F)CC3)c(=O)oc2c1. The monoisotopic (exact) mass is 1150 g/mol. The molecule has 4 aromatic carbocycles. The maximum atomic E-state index is 16.2. The van der Waals surface area contributed by atoms with Crippen LogP contribution in [0.1, 0.15) is 93.2 Å². The van der Waals surface area contributed by atoms with E-state index in [0.717, 1.165) is 18.2 Å². The number of anilines is 1. The number of benzene rings is 4. The van der Waals surface area contributed by atoms with Crippen LogP contribution in [0.25, 0.3) is 11.0 Å². The number of fused-ring (bicyclic) bond motifs is 7. The zero-order valence-corrected chi connectivity index (χ0v) is 41.2. The first-order valence-corrected chi connectivity index (χ1v) is 25.3. The average Bonchev–Trinajstić information content (AvgIpc) is 3.69. The first-order valence-electron chi connectivity index (χ1n) is 22.5. The highest BCUT2D eigenvalue weighted by Crippen LogP contribution is 2.60. The summed E-state index contributed by atoms with van der Waals surface area (Å²) < 4.78 is 218. The third-order valence-corrected chi connectivity index (χ3v) is 14.5. The van der Waals surface area contributed by atoms with E-state index in [2.05, 4.69) is 19.0 Å². The van der Waals surface area contributed by atoms with Crippen LogP contribution in [0.15, 0.2) is 63.8 Å². The summed E-state index contributed by atoms with van der Waals surface area (Å²) in [6.07, 6.45) is 1.07. The smallest absolute Gasteiger partial charge is 0.469 e. The predicted molar refractivity (Wildman–Crippen MR) is 243 cm³/mol. The number of ether oxygens (including phenoxy) is 3. The van der Waals surface area contributed by atoms with Gasteiger partial charge in [0.15, 0.2) is 28.7 Å². The van der Waals surface area contributed by atoms with E-state index >= 15 is 17.6 Å². The number of amides is 2. The summed E-state index contributed by atoms with van der Waals surface area (Å²) in [6.45, 7) is 1.84. The molecule has 1 fully saturated rings. The molecule has 3 aliphatic rings. The quantitative estimate of drug-likeness (QED) is 0.0345. The van der Waals surface area contributed by atoms with Gasteiger partial charge in [-0.3, -0.25) is 19.2 Å². The fourth-order valence-corrected chi connectivity index (χ4v) is 9.71. The first kappa shape index (κ1) is 56.2. The van der Waals surface area contributed by atoms with Crippen LogP contribution in [0.5, 0.6) is 23.0 Å². The summed E-state index contributed by atoms with van der Waals surface area (Å²) in [7, 11) is -12.6. The van der Waals surface area contributed by atoms with Crippen LogP contribution in [-0.4, -0.2) is 89.7 Å². The molecule has 1 spiro atoms. The van der Waals surface area contributed by atoms with Crippen molar-refractivity contribution in [2.24, 2.45) is 0 Å². The number of halogens is 10. The molecule has 8 rings (SSSR count). The number of carbonyl (C=O) groups is 5. The molecule has 0 bridgehead atoms. The van der Waals surface area contributed by atoms with E-state index in [4.69, 9.17) is 18.6 Å². The fraction of sp³-hybridized carbons (Fsp3) is 0.319. The van der Waals surface area contributed by atoms with Crippen molar-refractivity contribution < 1.29 is 112 Å². The fourth-order valence-electron chi connectivity index (χ4n) is 8.77. The zero-order chi connectivity index (χ0) is 57.2. The van der Waals surface area contributed by atoms with E-state index in [0.29, 0.717) is 11.1 Å². The molecule has 3 heterocycles. The molecule has 1 aromatic heterocycles. The predicted octanol–water partition coefficient (Wildman–Crippen LogP) is 7.19. The van der Waals surface area contributed by atoms with Crippen LogP contribution in [0, 0.1) is 23.3 Å². The first-order chi connectivity index (χ1) is 36.4. The van der Waals surface area contributed by atoms with Gasteiger partial charge in [0.1, 0.15) is 16.9 Å². The Bertz CT molecular complexity index is 3550. The molecule has 0 radical (unpaired) electrons. The van der Waals surface area contributed by atoms with E-state index < -0.39 is 147 Å². The van der Waals surface area contributed by atoms with Crippen molar-refractivity contribution >= 4 is 66.4 Å². The molecule has 2 aliphatic heterocycles. The Morgan fingerprint density at radius 3 is 1.74 bits per heavy atom. The number of methoxy groups -OCH3 is 1. The summed E-state index contributed by atoms with van der Waals surface area (Å²) in [5, 5.41) is 5.83. The molecular weight excluding hydrogens is 1120 g/mol. The molecule has 1 aliphatic carbocycles. The second-order valence-corrected chi connectivity index (χ2v) is 20.7. The van der Waals surface area contributed by atoms with Crippen LogP contribution in [0.4, 0.5) is 49.6 Å². The van der Waals surface area contributed by atoms with Crippen LogP contribution >= 0.6 is 0 Å². The number of nitrogens with one attached hydrogen (secondary N) is 2. The average molecular weight is 1150 g/mol. The van der Waals surface area contributed by atoms with Gasteiger partial charge in [-0.1, -0.05) is 6.07 Å². The van der Waals surface area contributed by atoms with Crippen molar-refractivity contribution in [1.82, 2.24) is 10.6 Å². The number of hydrogen-bond donors (Lipinski definition) is 2. The topological polar surface area (TPSA) is 257 Å². The molecule has 416 valence electrons. The number of esters is 2.